The maximum atomic E-state index is 12.1. The first-order chi connectivity index (χ1) is 11.4. The molecule has 1 aliphatic carbocycles. The zero-order valence-corrected chi connectivity index (χ0v) is 15.7. The van der Waals surface area contributed by atoms with Crippen LogP contribution in [0, 0.1) is 18.8 Å². The van der Waals surface area contributed by atoms with Crippen LogP contribution >= 0.6 is 11.8 Å². The van der Waals surface area contributed by atoms with E-state index in [2.05, 4.69) is 19.2 Å². The molecular formula is C18H27NO4S. The molecule has 0 unspecified atom stereocenters. The van der Waals surface area contributed by atoms with E-state index in [0.717, 1.165) is 6.42 Å². The van der Waals surface area contributed by atoms with Gasteiger partial charge >= 0.3 is 5.97 Å². The summed E-state index contributed by atoms with van der Waals surface area (Å²) in [6.07, 6.45) is 3.51. The van der Waals surface area contributed by atoms with Crippen LogP contribution in [0.2, 0.25) is 0 Å². The molecule has 1 saturated carbocycles. The van der Waals surface area contributed by atoms with Gasteiger partial charge in [0.05, 0.1) is 18.6 Å². The highest BCUT2D eigenvalue weighted by Crippen LogP contribution is 2.29. The highest BCUT2D eigenvalue weighted by Gasteiger charge is 2.28. The van der Waals surface area contributed by atoms with Gasteiger partial charge in [-0.15, -0.1) is 11.8 Å². The molecule has 1 amide bonds. The van der Waals surface area contributed by atoms with E-state index in [4.69, 9.17) is 9.15 Å². The molecule has 5 nitrogen and oxygen atoms in total. The predicted octanol–water partition coefficient (Wildman–Crippen LogP) is 3.55. The second kappa shape index (κ2) is 8.60. The largest absolute Gasteiger partial charge is 0.465 e. The minimum absolute atomic E-state index is 0.0717. The summed E-state index contributed by atoms with van der Waals surface area (Å²) in [6.45, 7) is 6.22. The molecule has 0 spiro atoms. The van der Waals surface area contributed by atoms with Crippen LogP contribution in [0.25, 0.3) is 0 Å². The van der Waals surface area contributed by atoms with Crippen LogP contribution < -0.4 is 5.32 Å². The van der Waals surface area contributed by atoms with Crippen LogP contribution in [-0.4, -0.2) is 30.8 Å². The molecule has 134 valence electrons. The van der Waals surface area contributed by atoms with Crippen LogP contribution in [-0.2, 0) is 15.3 Å². The van der Waals surface area contributed by atoms with Crippen molar-refractivity contribution in [2.75, 3.05) is 12.9 Å². The Balaban J connectivity index is 1.77. The number of carbonyl (C=O) groups is 2. The van der Waals surface area contributed by atoms with Gasteiger partial charge in [-0.05, 0) is 31.2 Å². The van der Waals surface area contributed by atoms with Crippen molar-refractivity contribution in [3.05, 3.63) is 23.2 Å². The van der Waals surface area contributed by atoms with E-state index in [9.17, 15) is 9.59 Å². The second-order valence-corrected chi connectivity index (χ2v) is 7.59. The number of amides is 1. The number of ether oxygens (including phenoxy) is 1. The lowest BCUT2D eigenvalue weighted by atomic mass is 9.78. The van der Waals surface area contributed by atoms with Crippen molar-refractivity contribution in [1.82, 2.24) is 5.32 Å². The van der Waals surface area contributed by atoms with Crippen molar-refractivity contribution in [3.8, 4) is 0 Å². The van der Waals surface area contributed by atoms with Gasteiger partial charge in [-0.3, -0.25) is 4.79 Å². The van der Waals surface area contributed by atoms with Crippen molar-refractivity contribution in [3.63, 3.8) is 0 Å². The summed E-state index contributed by atoms with van der Waals surface area (Å²) in [7, 11) is 1.35. The number of aryl methyl sites for hydroxylation is 1. The third-order valence-corrected chi connectivity index (χ3v) is 5.86. The Bertz CT molecular complexity index is 584. The lowest BCUT2D eigenvalue weighted by Crippen LogP contribution is -2.44. The first-order valence-corrected chi connectivity index (χ1v) is 9.62. The number of hydrogen-bond donors (Lipinski definition) is 1. The molecule has 0 radical (unpaired) electrons. The van der Waals surface area contributed by atoms with E-state index in [0.29, 0.717) is 46.5 Å². The molecule has 0 aromatic carbocycles. The van der Waals surface area contributed by atoms with Gasteiger partial charge in [0.15, 0.2) is 0 Å². The molecule has 1 aromatic heterocycles. The quantitative estimate of drug-likeness (QED) is 0.792. The van der Waals surface area contributed by atoms with E-state index in [-0.39, 0.29) is 5.91 Å². The summed E-state index contributed by atoms with van der Waals surface area (Å²) < 4.78 is 10.3. The number of nitrogens with one attached hydrogen (secondary N) is 1. The van der Waals surface area contributed by atoms with Gasteiger partial charge in [-0.2, -0.15) is 0 Å². The molecule has 0 saturated heterocycles. The van der Waals surface area contributed by atoms with Crippen LogP contribution in [0.3, 0.4) is 0 Å². The van der Waals surface area contributed by atoms with Crippen LogP contribution in [0.4, 0.5) is 0 Å². The molecular weight excluding hydrogens is 326 g/mol. The van der Waals surface area contributed by atoms with Gasteiger partial charge in [0.2, 0.25) is 5.91 Å². The number of rotatable bonds is 6. The molecule has 0 bridgehead atoms. The van der Waals surface area contributed by atoms with Gasteiger partial charge in [-0.25, -0.2) is 4.79 Å². The number of esters is 1. The third-order valence-electron chi connectivity index (χ3n) is 4.90. The number of thioether (sulfide) groups is 1. The van der Waals surface area contributed by atoms with Crippen molar-refractivity contribution < 1.29 is 18.7 Å². The monoisotopic (exact) mass is 353 g/mol. The van der Waals surface area contributed by atoms with E-state index in [1.54, 1.807) is 13.0 Å². The van der Waals surface area contributed by atoms with Gasteiger partial charge in [0, 0.05) is 6.04 Å². The zero-order chi connectivity index (χ0) is 17.7. The summed E-state index contributed by atoms with van der Waals surface area (Å²) in [4.78, 5) is 23.7. The summed E-state index contributed by atoms with van der Waals surface area (Å²) >= 11 is 1.49. The smallest absolute Gasteiger partial charge is 0.341 e. The minimum atomic E-state index is -0.398. The Morgan fingerprint density at radius 2 is 2.12 bits per heavy atom. The van der Waals surface area contributed by atoms with Crippen molar-refractivity contribution in [2.24, 2.45) is 11.8 Å². The van der Waals surface area contributed by atoms with Crippen LogP contribution in [0.1, 0.15) is 55.0 Å². The van der Waals surface area contributed by atoms with E-state index in [1.165, 1.54) is 31.7 Å². The lowest BCUT2D eigenvalue weighted by molar-refractivity contribution is -0.120. The summed E-state index contributed by atoms with van der Waals surface area (Å²) in [5, 5.41) is 3.16. The first kappa shape index (κ1) is 18.9. The number of hydrogen-bond acceptors (Lipinski definition) is 5. The van der Waals surface area contributed by atoms with Crippen LogP contribution in [0.5, 0.6) is 0 Å². The normalized spacial score (nSPS) is 23.8. The highest BCUT2D eigenvalue weighted by atomic mass is 32.2. The number of methoxy groups -OCH3 is 1. The summed E-state index contributed by atoms with van der Waals surface area (Å²) in [5.41, 5.74) is 0.447. The predicted molar refractivity (Wildman–Crippen MR) is 95.1 cm³/mol. The third kappa shape index (κ3) is 4.79. The van der Waals surface area contributed by atoms with Gasteiger partial charge < -0.3 is 14.5 Å². The second-order valence-electron chi connectivity index (χ2n) is 6.61. The fourth-order valence-electron chi connectivity index (χ4n) is 3.21. The van der Waals surface area contributed by atoms with E-state index < -0.39 is 5.97 Å². The zero-order valence-electron chi connectivity index (χ0n) is 14.9. The fraction of sp³-hybridized carbons (Fsp3) is 0.667. The van der Waals surface area contributed by atoms with E-state index in [1.807, 2.05) is 0 Å². The van der Waals surface area contributed by atoms with Gasteiger partial charge in [0.1, 0.15) is 17.1 Å². The average molecular weight is 353 g/mol. The van der Waals surface area contributed by atoms with Crippen molar-refractivity contribution >= 4 is 23.6 Å². The lowest BCUT2D eigenvalue weighted by Gasteiger charge is -2.34. The Labute approximate surface area is 147 Å². The highest BCUT2D eigenvalue weighted by molar-refractivity contribution is 7.99. The van der Waals surface area contributed by atoms with Gasteiger partial charge in [-0.1, -0.05) is 26.7 Å². The first-order valence-electron chi connectivity index (χ1n) is 8.47. The molecule has 24 heavy (non-hydrogen) atoms. The Morgan fingerprint density at radius 3 is 2.83 bits per heavy atom. The molecule has 1 aromatic rings. The topological polar surface area (TPSA) is 68.5 Å². The maximum absolute atomic E-state index is 12.1. The molecule has 1 fully saturated rings. The van der Waals surface area contributed by atoms with Crippen LogP contribution in [0.15, 0.2) is 10.5 Å². The molecule has 1 N–H and O–H groups in total. The Hall–Kier alpha value is -1.43. The van der Waals surface area contributed by atoms with Gasteiger partial charge in [0.25, 0.3) is 0 Å². The molecule has 1 heterocycles. The molecule has 3 atom stereocenters. The molecule has 1 aliphatic rings. The summed E-state index contributed by atoms with van der Waals surface area (Å²) in [6, 6.07) is 1.98. The Kier molecular flexibility index (Phi) is 6.78. The minimum Gasteiger partial charge on any atom is -0.465 e. The molecule has 2 rings (SSSR count). The van der Waals surface area contributed by atoms with Crippen molar-refractivity contribution in [2.45, 2.75) is 51.8 Å². The SMILES string of the molecule is COC(=O)c1cc(CSCC(=O)N[C@H]2CCC[C@@H](C)[C@@H]2C)oc1C. The standard InChI is InChI=1S/C18H27NO4S/c1-11-6-5-7-16(12(11)2)19-17(20)10-24-9-14-8-15(13(3)23-14)18(21)22-4/h8,11-12,16H,5-7,9-10H2,1-4H3,(H,19,20)/t11-,12+,16+/m1/s1. The Morgan fingerprint density at radius 1 is 1.38 bits per heavy atom. The fourth-order valence-corrected chi connectivity index (χ4v) is 3.92. The molecule has 6 heteroatoms. The maximum Gasteiger partial charge on any atom is 0.341 e. The van der Waals surface area contributed by atoms with E-state index >= 15 is 0 Å². The van der Waals surface area contributed by atoms with Crippen molar-refractivity contribution in [1.29, 1.82) is 0 Å². The number of furan rings is 1. The average Bonchev–Trinajstić information content (AvgIpc) is 2.92. The summed E-state index contributed by atoms with van der Waals surface area (Å²) in [5.74, 6) is 3.06. The number of carbonyl (C=O) groups excluding carboxylic acids is 2. The molecule has 0 aliphatic heterocycles.